The van der Waals surface area contributed by atoms with Crippen molar-refractivity contribution in [1.82, 2.24) is 0 Å². The topological polar surface area (TPSA) is 54.3 Å². The summed E-state index contributed by atoms with van der Waals surface area (Å²) < 4.78 is 5.84. The average molecular weight is 411 g/mol. The van der Waals surface area contributed by atoms with Crippen molar-refractivity contribution in [2.24, 2.45) is 0 Å². The van der Waals surface area contributed by atoms with Crippen molar-refractivity contribution in [3.8, 4) is 0 Å². The lowest BCUT2D eigenvalue weighted by atomic mass is 10.2. The maximum atomic E-state index is 12.8. The molecule has 0 radical (unpaired) electrons. The molecule has 0 atom stereocenters. The van der Waals surface area contributed by atoms with E-state index in [1.54, 1.807) is 12.1 Å². The van der Waals surface area contributed by atoms with Gasteiger partial charge in [0.05, 0.1) is 5.69 Å². The normalized spacial score (nSPS) is 10.8. The zero-order valence-electron chi connectivity index (χ0n) is 14.7. The lowest BCUT2D eigenvalue weighted by molar-refractivity contribution is 0.0999. The van der Waals surface area contributed by atoms with Gasteiger partial charge in [0.2, 0.25) is 5.76 Å². The van der Waals surface area contributed by atoms with Gasteiger partial charge in [-0.3, -0.25) is 4.79 Å². The van der Waals surface area contributed by atoms with Gasteiger partial charge in [-0.15, -0.1) is 0 Å². The lowest BCUT2D eigenvalue weighted by Crippen LogP contribution is -2.13. The molecule has 0 spiro atoms. The van der Waals surface area contributed by atoms with Crippen LogP contribution in [0, 0.1) is 0 Å². The summed E-state index contributed by atoms with van der Waals surface area (Å²) >= 11 is 12.2. The Morgan fingerprint density at radius 2 is 1.68 bits per heavy atom. The predicted molar refractivity (Wildman–Crippen MR) is 114 cm³/mol. The van der Waals surface area contributed by atoms with Crippen molar-refractivity contribution >= 4 is 51.5 Å². The number of para-hydroxylation sites is 2. The van der Waals surface area contributed by atoms with Crippen molar-refractivity contribution in [2.75, 3.05) is 10.6 Å². The van der Waals surface area contributed by atoms with Crippen LogP contribution < -0.4 is 10.6 Å². The van der Waals surface area contributed by atoms with E-state index >= 15 is 0 Å². The second-order valence-corrected chi connectivity index (χ2v) is 7.06. The number of nitrogens with one attached hydrogen (secondary N) is 2. The van der Waals surface area contributed by atoms with Crippen LogP contribution in [0.25, 0.3) is 11.0 Å². The summed E-state index contributed by atoms with van der Waals surface area (Å²) in [6.45, 7) is 0.422. The summed E-state index contributed by atoms with van der Waals surface area (Å²) in [7, 11) is 0. The molecule has 2 N–H and O–H groups in total. The minimum absolute atomic E-state index is 0.218. The van der Waals surface area contributed by atoms with Crippen molar-refractivity contribution in [3.05, 3.63) is 94.2 Å². The van der Waals surface area contributed by atoms with Crippen LogP contribution >= 0.6 is 23.2 Å². The van der Waals surface area contributed by atoms with Crippen LogP contribution in [0.3, 0.4) is 0 Å². The Morgan fingerprint density at radius 1 is 0.929 bits per heavy atom. The van der Waals surface area contributed by atoms with Crippen LogP contribution in [0.1, 0.15) is 16.1 Å². The molecule has 4 rings (SSSR count). The Bertz CT molecular complexity index is 1140. The molecular weight excluding hydrogens is 395 g/mol. The van der Waals surface area contributed by atoms with E-state index in [9.17, 15) is 4.79 Å². The molecule has 0 aliphatic rings. The molecule has 1 aromatic heterocycles. The standard InChI is InChI=1S/C22H16Cl2N2O2/c23-15-11-10-14(18(24)12-15)13-25-20-17-8-4-5-9-19(17)28-21(20)22(27)26-16-6-2-1-3-7-16/h1-12,25H,13H2,(H,26,27). The molecule has 6 heteroatoms. The third kappa shape index (κ3) is 3.84. The van der Waals surface area contributed by atoms with E-state index < -0.39 is 0 Å². The van der Waals surface area contributed by atoms with Gasteiger partial charge >= 0.3 is 0 Å². The Hall–Kier alpha value is -2.95. The number of carbonyl (C=O) groups is 1. The minimum atomic E-state index is -0.327. The van der Waals surface area contributed by atoms with Gasteiger partial charge in [-0.2, -0.15) is 0 Å². The highest BCUT2D eigenvalue weighted by Crippen LogP contribution is 2.32. The maximum Gasteiger partial charge on any atom is 0.293 e. The molecule has 4 nitrogen and oxygen atoms in total. The molecule has 3 aromatic carbocycles. The summed E-state index contributed by atoms with van der Waals surface area (Å²) in [6.07, 6.45) is 0. The van der Waals surface area contributed by atoms with Crippen molar-refractivity contribution < 1.29 is 9.21 Å². The molecule has 0 bridgehead atoms. The van der Waals surface area contributed by atoms with Gasteiger partial charge in [-0.05, 0) is 42.0 Å². The first kappa shape index (κ1) is 18.4. The van der Waals surface area contributed by atoms with Crippen molar-refractivity contribution in [1.29, 1.82) is 0 Å². The van der Waals surface area contributed by atoms with E-state index in [1.165, 1.54) is 0 Å². The van der Waals surface area contributed by atoms with Crippen molar-refractivity contribution in [3.63, 3.8) is 0 Å². The van der Waals surface area contributed by atoms with E-state index in [0.29, 0.717) is 33.5 Å². The Morgan fingerprint density at radius 3 is 2.46 bits per heavy atom. The number of amides is 1. The molecule has 0 aliphatic heterocycles. The first-order chi connectivity index (χ1) is 13.6. The SMILES string of the molecule is O=C(Nc1ccccc1)c1oc2ccccc2c1NCc1ccc(Cl)cc1Cl. The largest absolute Gasteiger partial charge is 0.449 e. The highest BCUT2D eigenvalue weighted by molar-refractivity contribution is 6.35. The first-order valence-corrected chi connectivity index (χ1v) is 9.43. The smallest absolute Gasteiger partial charge is 0.293 e. The van der Waals surface area contributed by atoms with Crippen molar-refractivity contribution in [2.45, 2.75) is 6.54 Å². The van der Waals surface area contributed by atoms with Crippen LogP contribution in [0.5, 0.6) is 0 Å². The molecule has 28 heavy (non-hydrogen) atoms. The molecule has 0 unspecified atom stereocenters. The number of rotatable bonds is 5. The molecule has 1 heterocycles. The lowest BCUT2D eigenvalue weighted by Gasteiger charge is -2.10. The summed E-state index contributed by atoms with van der Waals surface area (Å²) in [5.74, 6) is -0.109. The number of benzene rings is 3. The molecule has 0 saturated heterocycles. The van der Waals surface area contributed by atoms with Crippen LogP contribution in [0.4, 0.5) is 11.4 Å². The summed E-state index contributed by atoms with van der Waals surface area (Å²) in [5, 5.41) is 8.12. The van der Waals surface area contributed by atoms with E-state index in [4.69, 9.17) is 27.6 Å². The quantitative estimate of drug-likeness (QED) is 0.389. The maximum absolute atomic E-state index is 12.8. The second-order valence-electron chi connectivity index (χ2n) is 6.21. The van der Waals surface area contributed by atoms with Gasteiger partial charge in [0, 0.05) is 27.7 Å². The molecule has 140 valence electrons. The van der Waals surface area contributed by atoms with Gasteiger partial charge < -0.3 is 15.1 Å². The number of anilines is 2. The molecule has 0 fully saturated rings. The Kier molecular flexibility index (Phi) is 5.24. The second kappa shape index (κ2) is 7.97. The molecule has 1 amide bonds. The summed E-state index contributed by atoms with van der Waals surface area (Å²) in [6, 6.07) is 22.1. The van der Waals surface area contributed by atoms with E-state index in [-0.39, 0.29) is 11.7 Å². The predicted octanol–water partition coefficient (Wildman–Crippen LogP) is 6.60. The fourth-order valence-electron chi connectivity index (χ4n) is 2.94. The zero-order valence-corrected chi connectivity index (χ0v) is 16.2. The fraction of sp³-hybridized carbons (Fsp3) is 0.0455. The molecule has 0 saturated carbocycles. The van der Waals surface area contributed by atoms with Gasteiger partial charge in [-0.1, -0.05) is 59.6 Å². The number of carbonyl (C=O) groups excluding carboxylic acids is 1. The average Bonchev–Trinajstić information content (AvgIpc) is 3.07. The highest BCUT2D eigenvalue weighted by atomic mass is 35.5. The third-order valence-electron chi connectivity index (χ3n) is 4.30. The monoisotopic (exact) mass is 410 g/mol. The summed E-state index contributed by atoms with van der Waals surface area (Å²) in [5.41, 5.74) is 2.81. The molecular formula is C22H16Cl2N2O2. The number of halogens is 2. The highest BCUT2D eigenvalue weighted by Gasteiger charge is 2.21. The number of hydrogen-bond donors (Lipinski definition) is 2. The fourth-order valence-corrected chi connectivity index (χ4v) is 3.41. The van der Waals surface area contributed by atoms with E-state index in [1.807, 2.05) is 60.7 Å². The minimum Gasteiger partial charge on any atom is -0.449 e. The number of furan rings is 1. The van der Waals surface area contributed by atoms with Gasteiger partial charge in [0.25, 0.3) is 5.91 Å². The Balaban J connectivity index is 1.66. The van der Waals surface area contributed by atoms with E-state index in [0.717, 1.165) is 10.9 Å². The van der Waals surface area contributed by atoms with Crippen LogP contribution in [-0.4, -0.2) is 5.91 Å². The number of fused-ring (bicyclic) bond motifs is 1. The first-order valence-electron chi connectivity index (χ1n) is 8.67. The van der Waals surface area contributed by atoms with E-state index in [2.05, 4.69) is 10.6 Å². The van der Waals surface area contributed by atoms with Crippen LogP contribution in [0.15, 0.2) is 77.2 Å². The van der Waals surface area contributed by atoms with Gasteiger partial charge in [-0.25, -0.2) is 0 Å². The molecule has 4 aromatic rings. The third-order valence-corrected chi connectivity index (χ3v) is 4.89. The molecule has 0 aliphatic carbocycles. The zero-order chi connectivity index (χ0) is 19.5. The van der Waals surface area contributed by atoms with Crippen LogP contribution in [-0.2, 0) is 6.54 Å². The van der Waals surface area contributed by atoms with Gasteiger partial charge in [0.1, 0.15) is 5.58 Å². The number of hydrogen-bond acceptors (Lipinski definition) is 3. The Labute approximate surface area is 172 Å². The van der Waals surface area contributed by atoms with Gasteiger partial charge in [0.15, 0.2) is 0 Å². The van der Waals surface area contributed by atoms with Crippen LogP contribution in [0.2, 0.25) is 10.0 Å². The summed E-state index contributed by atoms with van der Waals surface area (Å²) in [4.78, 5) is 12.8.